The molecule has 1 saturated heterocycles. The fraction of sp³-hybridized carbons (Fsp3) is 0.318. The second-order valence-electron chi connectivity index (χ2n) is 7.75. The lowest BCUT2D eigenvalue weighted by atomic mass is 10.2. The number of aryl methyl sites for hydroxylation is 2. The maximum absolute atomic E-state index is 12.5. The first-order chi connectivity index (χ1) is 14.6. The van der Waals surface area contributed by atoms with E-state index in [-0.39, 0.29) is 11.6 Å². The second kappa shape index (κ2) is 7.37. The molecule has 1 atom stereocenters. The number of aromatic nitrogens is 6. The van der Waals surface area contributed by atoms with Crippen LogP contribution in [0.15, 0.2) is 53.8 Å². The van der Waals surface area contributed by atoms with Crippen LogP contribution in [0.3, 0.4) is 0 Å². The molecule has 0 aromatic carbocycles. The molecule has 0 amide bonds. The van der Waals surface area contributed by atoms with Gasteiger partial charge >= 0.3 is 0 Å². The van der Waals surface area contributed by atoms with Crippen LogP contribution in [-0.4, -0.2) is 41.9 Å². The lowest BCUT2D eigenvalue weighted by Crippen LogP contribution is -2.37. The van der Waals surface area contributed by atoms with E-state index in [1.54, 1.807) is 35.5 Å². The molecular formula is C22H23N7O. The number of anilines is 1. The molecule has 1 unspecified atom stereocenters. The van der Waals surface area contributed by atoms with Crippen molar-refractivity contribution < 1.29 is 0 Å². The zero-order valence-electron chi connectivity index (χ0n) is 17.1. The van der Waals surface area contributed by atoms with Crippen molar-refractivity contribution in [2.24, 2.45) is 7.05 Å². The summed E-state index contributed by atoms with van der Waals surface area (Å²) in [5.74, 6) is 0.926. The summed E-state index contributed by atoms with van der Waals surface area (Å²) in [5, 5.41) is 4.62. The van der Waals surface area contributed by atoms with Gasteiger partial charge in [-0.15, -0.1) is 0 Å². The molecule has 0 aliphatic carbocycles. The molecule has 0 radical (unpaired) electrons. The summed E-state index contributed by atoms with van der Waals surface area (Å²) < 4.78 is 3.70. The van der Waals surface area contributed by atoms with E-state index in [4.69, 9.17) is 0 Å². The van der Waals surface area contributed by atoms with Gasteiger partial charge in [0.25, 0.3) is 5.56 Å². The summed E-state index contributed by atoms with van der Waals surface area (Å²) in [4.78, 5) is 28.0. The van der Waals surface area contributed by atoms with E-state index in [0.29, 0.717) is 6.54 Å². The third-order valence-corrected chi connectivity index (χ3v) is 5.90. The van der Waals surface area contributed by atoms with E-state index >= 15 is 0 Å². The molecule has 5 rings (SSSR count). The zero-order valence-corrected chi connectivity index (χ0v) is 17.1. The van der Waals surface area contributed by atoms with Crippen molar-refractivity contribution in [3.8, 4) is 11.3 Å². The number of hydrogen-bond acceptors (Lipinski definition) is 6. The molecule has 152 valence electrons. The lowest BCUT2D eigenvalue weighted by Gasteiger charge is -2.26. The Kier molecular flexibility index (Phi) is 4.54. The Labute approximate surface area is 173 Å². The van der Waals surface area contributed by atoms with Crippen LogP contribution in [0, 0.1) is 6.92 Å². The Hall–Kier alpha value is -3.55. The topological polar surface area (TPSA) is 81.7 Å². The quantitative estimate of drug-likeness (QED) is 0.523. The molecule has 8 nitrogen and oxygen atoms in total. The van der Waals surface area contributed by atoms with Crippen LogP contribution in [0.2, 0.25) is 0 Å². The van der Waals surface area contributed by atoms with E-state index in [2.05, 4.69) is 42.5 Å². The molecule has 0 spiro atoms. The van der Waals surface area contributed by atoms with Gasteiger partial charge in [0, 0.05) is 43.3 Å². The van der Waals surface area contributed by atoms with E-state index < -0.39 is 0 Å². The largest absolute Gasteiger partial charge is 0.350 e. The molecule has 0 saturated carbocycles. The predicted octanol–water partition coefficient (Wildman–Crippen LogP) is 2.56. The highest BCUT2D eigenvalue weighted by atomic mass is 16.1. The summed E-state index contributed by atoms with van der Waals surface area (Å²) in [6.45, 7) is 3.49. The third kappa shape index (κ3) is 3.14. The van der Waals surface area contributed by atoms with Crippen molar-refractivity contribution >= 4 is 16.9 Å². The maximum Gasteiger partial charge on any atom is 0.266 e. The van der Waals surface area contributed by atoms with Crippen molar-refractivity contribution in [2.45, 2.75) is 32.4 Å². The van der Waals surface area contributed by atoms with Crippen molar-refractivity contribution in [1.82, 2.24) is 29.3 Å². The molecule has 5 heterocycles. The minimum absolute atomic E-state index is 0.1000. The van der Waals surface area contributed by atoms with E-state index in [9.17, 15) is 4.79 Å². The lowest BCUT2D eigenvalue weighted by molar-refractivity contribution is 0.489. The van der Waals surface area contributed by atoms with E-state index in [0.717, 1.165) is 53.2 Å². The van der Waals surface area contributed by atoms with Gasteiger partial charge in [-0.2, -0.15) is 5.10 Å². The summed E-state index contributed by atoms with van der Waals surface area (Å²) in [5.41, 5.74) is 4.66. The van der Waals surface area contributed by atoms with Gasteiger partial charge in [-0.25, -0.2) is 14.6 Å². The Morgan fingerprint density at radius 3 is 2.93 bits per heavy atom. The standard InChI is InChI=1S/C22H23N7O/c1-15-11-19-21(27(15)2)22(25-14-24-19)28-10-4-6-17(28)13-29-20(30)8-7-18(26-29)16-5-3-9-23-12-16/h3,5,7-9,11-12,14,17H,4,6,10,13H2,1-2H3. The first-order valence-electron chi connectivity index (χ1n) is 10.1. The Morgan fingerprint density at radius 2 is 2.10 bits per heavy atom. The van der Waals surface area contributed by atoms with Crippen molar-refractivity contribution in [3.05, 3.63) is 65.1 Å². The fourth-order valence-corrected chi connectivity index (χ4v) is 4.24. The van der Waals surface area contributed by atoms with Gasteiger partial charge in [0.05, 0.1) is 23.8 Å². The van der Waals surface area contributed by atoms with Crippen LogP contribution in [0.5, 0.6) is 0 Å². The minimum atomic E-state index is -0.1000. The first kappa shape index (κ1) is 18.5. The van der Waals surface area contributed by atoms with Crippen LogP contribution in [-0.2, 0) is 13.6 Å². The summed E-state index contributed by atoms with van der Waals surface area (Å²) in [6, 6.07) is 9.37. The van der Waals surface area contributed by atoms with Crippen LogP contribution < -0.4 is 10.5 Å². The molecule has 1 fully saturated rings. The summed E-state index contributed by atoms with van der Waals surface area (Å²) >= 11 is 0. The highest BCUT2D eigenvalue weighted by molar-refractivity contribution is 5.87. The first-order valence-corrected chi connectivity index (χ1v) is 10.1. The van der Waals surface area contributed by atoms with Gasteiger partial charge in [0.2, 0.25) is 0 Å². The molecule has 1 aliphatic rings. The molecule has 1 aliphatic heterocycles. The normalized spacial score (nSPS) is 16.5. The van der Waals surface area contributed by atoms with Crippen LogP contribution in [0.4, 0.5) is 5.82 Å². The molecule has 4 aromatic rings. The van der Waals surface area contributed by atoms with Gasteiger partial charge in [0.1, 0.15) is 11.8 Å². The summed E-state index contributed by atoms with van der Waals surface area (Å²) in [6.07, 6.45) is 7.15. The number of pyridine rings is 1. The van der Waals surface area contributed by atoms with Crippen molar-refractivity contribution in [3.63, 3.8) is 0 Å². The SMILES string of the molecule is Cc1cc2ncnc(N3CCCC3Cn3nc(-c4cccnc4)ccc3=O)c2n1C. The van der Waals surface area contributed by atoms with Gasteiger partial charge < -0.3 is 9.47 Å². The van der Waals surface area contributed by atoms with Crippen molar-refractivity contribution in [2.75, 3.05) is 11.4 Å². The number of hydrogen-bond donors (Lipinski definition) is 0. The fourth-order valence-electron chi connectivity index (χ4n) is 4.24. The third-order valence-electron chi connectivity index (χ3n) is 5.90. The number of fused-ring (bicyclic) bond motifs is 1. The Balaban J connectivity index is 1.50. The smallest absolute Gasteiger partial charge is 0.266 e. The van der Waals surface area contributed by atoms with Crippen LogP contribution >= 0.6 is 0 Å². The highest BCUT2D eigenvalue weighted by Crippen LogP contribution is 2.31. The van der Waals surface area contributed by atoms with E-state index in [1.165, 1.54) is 0 Å². The average Bonchev–Trinajstić information content (AvgIpc) is 3.34. The Bertz CT molecular complexity index is 1260. The monoisotopic (exact) mass is 401 g/mol. The van der Waals surface area contributed by atoms with Gasteiger partial charge in [-0.1, -0.05) is 0 Å². The van der Waals surface area contributed by atoms with Crippen LogP contribution in [0.1, 0.15) is 18.5 Å². The summed E-state index contributed by atoms with van der Waals surface area (Å²) in [7, 11) is 2.04. The second-order valence-corrected chi connectivity index (χ2v) is 7.75. The van der Waals surface area contributed by atoms with Gasteiger partial charge in [-0.3, -0.25) is 9.78 Å². The number of nitrogens with zero attached hydrogens (tertiary/aromatic N) is 7. The minimum Gasteiger partial charge on any atom is -0.350 e. The van der Waals surface area contributed by atoms with Gasteiger partial charge in [-0.05, 0) is 44.0 Å². The van der Waals surface area contributed by atoms with E-state index in [1.807, 2.05) is 19.2 Å². The predicted molar refractivity (Wildman–Crippen MR) is 115 cm³/mol. The van der Waals surface area contributed by atoms with Crippen molar-refractivity contribution in [1.29, 1.82) is 0 Å². The maximum atomic E-state index is 12.5. The molecule has 0 bridgehead atoms. The molecule has 4 aromatic heterocycles. The molecule has 8 heteroatoms. The zero-order chi connectivity index (χ0) is 20.7. The Morgan fingerprint density at radius 1 is 1.20 bits per heavy atom. The molecule has 0 N–H and O–H groups in total. The average molecular weight is 401 g/mol. The molecular weight excluding hydrogens is 378 g/mol. The number of rotatable bonds is 4. The molecule has 30 heavy (non-hydrogen) atoms. The van der Waals surface area contributed by atoms with Crippen LogP contribution in [0.25, 0.3) is 22.3 Å². The van der Waals surface area contributed by atoms with Gasteiger partial charge in [0.15, 0.2) is 5.82 Å². The highest BCUT2D eigenvalue weighted by Gasteiger charge is 2.29.